The molecule has 0 amide bonds. The number of ether oxygens (including phenoxy) is 2. The molecule has 0 aliphatic heterocycles. The largest absolute Gasteiger partial charge is 0.469 e. The van der Waals surface area contributed by atoms with Crippen LogP contribution in [0.3, 0.4) is 0 Å². The Kier molecular flexibility index (Phi) is 12.8. The molecule has 106 valence electrons. The molecule has 0 rings (SSSR count). The first-order chi connectivity index (χ1) is 8.38. The molecule has 0 spiro atoms. The second kappa shape index (κ2) is 12.1. The number of hydrogen-bond donors (Lipinski definition) is 1. The van der Waals surface area contributed by atoms with E-state index in [2.05, 4.69) is 11.3 Å². The summed E-state index contributed by atoms with van der Waals surface area (Å²) in [6.45, 7) is 8.90. The van der Waals surface area contributed by atoms with Gasteiger partial charge < -0.3 is 14.6 Å². The second-order valence-electron chi connectivity index (χ2n) is 3.84. The molecule has 0 saturated heterocycles. The number of carbonyl (C=O) groups is 2. The van der Waals surface area contributed by atoms with Crippen LogP contribution < -0.4 is 0 Å². The van der Waals surface area contributed by atoms with E-state index < -0.39 is 5.97 Å². The molecule has 0 fully saturated rings. The number of rotatable bonds is 6. The van der Waals surface area contributed by atoms with Crippen LogP contribution in [-0.4, -0.2) is 36.9 Å². The van der Waals surface area contributed by atoms with Gasteiger partial charge in [-0.3, -0.25) is 4.79 Å². The van der Waals surface area contributed by atoms with E-state index in [9.17, 15) is 9.59 Å². The van der Waals surface area contributed by atoms with Gasteiger partial charge >= 0.3 is 11.9 Å². The van der Waals surface area contributed by atoms with E-state index in [0.717, 1.165) is 12.5 Å². The van der Waals surface area contributed by atoms with Gasteiger partial charge in [-0.15, -0.1) is 0 Å². The summed E-state index contributed by atoms with van der Waals surface area (Å²) in [5.41, 5.74) is 0. The standard InChI is InChI=1S/C9H14O4.C4H10O/c1-4-8(10)13-6-5-7(2)9(11)12-3;1-3-4(2)5/h4,7H,1,5-6H2,2-3H3;4-5H,3H2,1-2H3. The summed E-state index contributed by atoms with van der Waals surface area (Å²) in [6, 6.07) is 0. The summed E-state index contributed by atoms with van der Waals surface area (Å²) in [6.07, 6.45) is 2.30. The van der Waals surface area contributed by atoms with Crippen LogP contribution in [0.2, 0.25) is 0 Å². The van der Waals surface area contributed by atoms with Crippen LogP contribution in [0.15, 0.2) is 12.7 Å². The molecule has 5 nitrogen and oxygen atoms in total. The van der Waals surface area contributed by atoms with Crippen molar-refractivity contribution in [3.63, 3.8) is 0 Å². The Morgan fingerprint density at radius 2 is 1.89 bits per heavy atom. The van der Waals surface area contributed by atoms with Gasteiger partial charge in [-0.1, -0.05) is 20.4 Å². The Morgan fingerprint density at radius 3 is 2.22 bits per heavy atom. The Bertz CT molecular complexity index is 248. The van der Waals surface area contributed by atoms with Gasteiger partial charge in [0, 0.05) is 6.08 Å². The zero-order valence-electron chi connectivity index (χ0n) is 11.6. The molecule has 0 aromatic heterocycles. The van der Waals surface area contributed by atoms with Gasteiger partial charge in [-0.05, 0) is 19.8 Å². The van der Waals surface area contributed by atoms with Crippen molar-refractivity contribution in [2.45, 2.75) is 39.7 Å². The molecular weight excluding hydrogens is 236 g/mol. The normalized spacial score (nSPS) is 12.5. The molecule has 0 radical (unpaired) electrons. The number of esters is 2. The molecule has 0 bridgehead atoms. The minimum absolute atomic E-state index is 0.116. The minimum Gasteiger partial charge on any atom is -0.469 e. The minimum atomic E-state index is -0.475. The third-order valence-electron chi connectivity index (χ3n) is 2.16. The Morgan fingerprint density at radius 1 is 1.39 bits per heavy atom. The van der Waals surface area contributed by atoms with Crippen molar-refractivity contribution in [2.75, 3.05) is 13.7 Å². The highest BCUT2D eigenvalue weighted by Crippen LogP contribution is 2.03. The smallest absolute Gasteiger partial charge is 0.330 e. The predicted molar refractivity (Wildman–Crippen MR) is 68.9 cm³/mol. The molecule has 0 aromatic carbocycles. The number of aliphatic hydroxyl groups is 1. The summed E-state index contributed by atoms with van der Waals surface area (Å²) in [4.78, 5) is 21.5. The van der Waals surface area contributed by atoms with Crippen LogP contribution in [0.1, 0.15) is 33.6 Å². The van der Waals surface area contributed by atoms with Gasteiger partial charge in [0.15, 0.2) is 0 Å². The van der Waals surface area contributed by atoms with Gasteiger partial charge in [-0.2, -0.15) is 0 Å². The topological polar surface area (TPSA) is 72.8 Å². The van der Waals surface area contributed by atoms with E-state index in [1.165, 1.54) is 7.11 Å². The molecule has 0 aromatic rings. The first-order valence-corrected chi connectivity index (χ1v) is 5.94. The zero-order valence-corrected chi connectivity index (χ0v) is 11.6. The highest BCUT2D eigenvalue weighted by molar-refractivity contribution is 5.81. The molecular formula is C13H24O5. The van der Waals surface area contributed by atoms with Crippen LogP contribution in [0.4, 0.5) is 0 Å². The van der Waals surface area contributed by atoms with E-state index in [0.29, 0.717) is 6.42 Å². The van der Waals surface area contributed by atoms with E-state index in [4.69, 9.17) is 9.84 Å². The number of hydrogen-bond acceptors (Lipinski definition) is 5. The van der Waals surface area contributed by atoms with Crippen molar-refractivity contribution >= 4 is 11.9 Å². The number of aliphatic hydroxyl groups excluding tert-OH is 1. The zero-order chi connectivity index (χ0) is 14.6. The quantitative estimate of drug-likeness (QED) is 0.581. The highest BCUT2D eigenvalue weighted by Gasteiger charge is 2.12. The summed E-state index contributed by atoms with van der Waals surface area (Å²) in [7, 11) is 1.33. The van der Waals surface area contributed by atoms with E-state index in [1.807, 2.05) is 6.92 Å². The molecule has 2 atom stereocenters. The second-order valence-corrected chi connectivity index (χ2v) is 3.84. The highest BCUT2D eigenvalue weighted by atomic mass is 16.5. The lowest BCUT2D eigenvalue weighted by molar-refractivity contribution is -0.147. The van der Waals surface area contributed by atoms with Crippen LogP contribution >= 0.6 is 0 Å². The number of carbonyl (C=O) groups excluding carboxylic acids is 2. The van der Waals surface area contributed by atoms with Gasteiger partial charge in [0.2, 0.25) is 0 Å². The average molecular weight is 260 g/mol. The Balaban J connectivity index is 0. The first-order valence-electron chi connectivity index (χ1n) is 5.94. The third kappa shape index (κ3) is 12.7. The summed E-state index contributed by atoms with van der Waals surface area (Å²) in [5, 5.41) is 8.36. The fraction of sp³-hybridized carbons (Fsp3) is 0.692. The van der Waals surface area contributed by atoms with Crippen LogP contribution in [0.5, 0.6) is 0 Å². The summed E-state index contributed by atoms with van der Waals surface area (Å²) < 4.78 is 9.19. The molecule has 0 aliphatic rings. The Hall–Kier alpha value is -1.36. The van der Waals surface area contributed by atoms with Crippen molar-refractivity contribution in [1.29, 1.82) is 0 Å². The van der Waals surface area contributed by atoms with Gasteiger partial charge in [0.1, 0.15) is 0 Å². The van der Waals surface area contributed by atoms with Crippen molar-refractivity contribution in [2.24, 2.45) is 5.92 Å². The monoisotopic (exact) mass is 260 g/mol. The maximum atomic E-state index is 10.9. The molecule has 0 aliphatic carbocycles. The fourth-order valence-electron chi connectivity index (χ4n) is 0.714. The van der Waals surface area contributed by atoms with Crippen molar-refractivity contribution in [3.8, 4) is 0 Å². The molecule has 5 heteroatoms. The fourth-order valence-corrected chi connectivity index (χ4v) is 0.714. The third-order valence-corrected chi connectivity index (χ3v) is 2.16. The predicted octanol–water partition coefficient (Wildman–Crippen LogP) is 1.69. The summed E-state index contributed by atoms with van der Waals surface area (Å²) >= 11 is 0. The maximum absolute atomic E-state index is 10.9. The average Bonchev–Trinajstić information content (AvgIpc) is 2.37. The van der Waals surface area contributed by atoms with Crippen molar-refractivity contribution in [1.82, 2.24) is 0 Å². The van der Waals surface area contributed by atoms with Gasteiger partial charge in [-0.25, -0.2) is 4.79 Å². The van der Waals surface area contributed by atoms with E-state index in [1.54, 1.807) is 13.8 Å². The van der Waals surface area contributed by atoms with Crippen molar-refractivity contribution in [3.05, 3.63) is 12.7 Å². The first kappa shape index (κ1) is 19.0. The van der Waals surface area contributed by atoms with Crippen molar-refractivity contribution < 1.29 is 24.2 Å². The molecule has 18 heavy (non-hydrogen) atoms. The number of methoxy groups -OCH3 is 1. The molecule has 0 saturated carbocycles. The van der Waals surface area contributed by atoms with E-state index >= 15 is 0 Å². The lowest BCUT2D eigenvalue weighted by Crippen LogP contribution is -2.15. The molecule has 2 unspecified atom stereocenters. The van der Waals surface area contributed by atoms with Gasteiger partial charge in [0.25, 0.3) is 0 Å². The molecule has 1 N–H and O–H groups in total. The lowest BCUT2D eigenvalue weighted by Gasteiger charge is -2.08. The SMILES string of the molecule is C=CC(=O)OCCC(C)C(=O)OC.CCC(C)O. The van der Waals surface area contributed by atoms with Crippen LogP contribution in [0, 0.1) is 5.92 Å². The van der Waals surface area contributed by atoms with E-state index in [-0.39, 0.29) is 24.6 Å². The lowest BCUT2D eigenvalue weighted by atomic mass is 10.1. The Labute approximate surface area is 109 Å². The molecule has 0 heterocycles. The van der Waals surface area contributed by atoms with Crippen LogP contribution in [-0.2, 0) is 19.1 Å². The van der Waals surface area contributed by atoms with Crippen LogP contribution in [0.25, 0.3) is 0 Å². The van der Waals surface area contributed by atoms with Gasteiger partial charge in [0.05, 0.1) is 25.7 Å². The summed E-state index contributed by atoms with van der Waals surface area (Å²) in [5.74, 6) is -1.02. The maximum Gasteiger partial charge on any atom is 0.330 e.